The molecule has 0 heterocycles. The van der Waals surface area contributed by atoms with Crippen molar-refractivity contribution in [2.75, 3.05) is 0 Å². The first-order valence-electron chi connectivity index (χ1n) is 3.58. The second kappa shape index (κ2) is 3.98. The van der Waals surface area contributed by atoms with Crippen LogP contribution in [0, 0.1) is 0 Å². The van der Waals surface area contributed by atoms with Crippen molar-refractivity contribution in [2.45, 2.75) is 6.36 Å². The molecule has 0 saturated heterocycles. The van der Waals surface area contributed by atoms with Crippen LogP contribution in [0.15, 0.2) is 18.2 Å². The van der Waals surface area contributed by atoms with Crippen molar-refractivity contribution in [3.8, 4) is 11.5 Å². The zero-order valence-electron chi connectivity index (χ0n) is 7.01. The molecule has 0 unspecified atom stereocenters. The maximum absolute atomic E-state index is 11.8. The molecule has 0 saturated carbocycles. The molecule has 0 aliphatic carbocycles. The Balaban J connectivity index is 3.03. The normalized spacial score (nSPS) is 11.2. The van der Waals surface area contributed by atoms with Gasteiger partial charge in [-0.1, -0.05) is 0 Å². The molecule has 0 aliphatic heterocycles. The van der Waals surface area contributed by atoms with Gasteiger partial charge in [-0.25, -0.2) is 0 Å². The summed E-state index contributed by atoms with van der Waals surface area (Å²) in [4.78, 5) is 10.7. The molecule has 0 radical (unpaired) electrons. The van der Waals surface area contributed by atoms with Crippen LogP contribution in [0.3, 0.4) is 0 Å². The van der Waals surface area contributed by atoms with Crippen molar-refractivity contribution >= 4 is 16.8 Å². The van der Waals surface area contributed by atoms with Crippen LogP contribution in [0.4, 0.5) is 13.2 Å². The van der Waals surface area contributed by atoms with Crippen LogP contribution < -0.4 is 4.74 Å². The van der Waals surface area contributed by atoms with Crippen molar-refractivity contribution in [1.82, 2.24) is 0 Å². The monoisotopic (exact) mass is 240 g/mol. The average Bonchev–Trinajstić information content (AvgIpc) is 2.05. The number of carbonyl (C=O) groups excluding carboxylic acids is 1. The number of hydrogen-bond donors (Lipinski definition) is 1. The fourth-order valence-corrected chi connectivity index (χ4v) is 1.02. The maximum Gasteiger partial charge on any atom is 0.573 e. The summed E-state index contributed by atoms with van der Waals surface area (Å²) in [5, 5.41) is 7.99. The van der Waals surface area contributed by atoms with Crippen LogP contribution in [0.2, 0.25) is 0 Å². The predicted molar refractivity (Wildman–Crippen MR) is 45.0 cm³/mol. The van der Waals surface area contributed by atoms with E-state index in [4.69, 9.17) is 16.7 Å². The Morgan fingerprint density at radius 1 is 1.40 bits per heavy atom. The van der Waals surface area contributed by atoms with Gasteiger partial charge in [0.1, 0.15) is 11.5 Å². The molecule has 0 aliphatic rings. The number of halogens is 4. The summed E-state index contributed by atoms with van der Waals surface area (Å²) >= 11 is 5.02. The Bertz CT molecular complexity index is 389. The van der Waals surface area contributed by atoms with E-state index in [2.05, 4.69) is 4.74 Å². The summed E-state index contributed by atoms with van der Waals surface area (Å²) in [7, 11) is 0. The smallest absolute Gasteiger partial charge is 0.507 e. The molecule has 0 fully saturated rings. The van der Waals surface area contributed by atoms with E-state index in [9.17, 15) is 18.0 Å². The summed E-state index contributed by atoms with van der Waals surface area (Å²) in [6.07, 6.45) is -4.86. The summed E-state index contributed by atoms with van der Waals surface area (Å²) < 4.78 is 38.8. The Morgan fingerprint density at radius 2 is 2.00 bits per heavy atom. The number of ether oxygens (including phenoxy) is 1. The number of alkyl halides is 3. The molecule has 15 heavy (non-hydrogen) atoms. The Morgan fingerprint density at radius 3 is 2.47 bits per heavy atom. The van der Waals surface area contributed by atoms with E-state index in [0.717, 1.165) is 12.1 Å². The largest absolute Gasteiger partial charge is 0.573 e. The van der Waals surface area contributed by atoms with Gasteiger partial charge in [0.05, 0.1) is 5.56 Å². The van der Waals surface area contributed by atoms with Gasteiger partial charge >= 0.3 is 6.36 Å². The molecule has 1 N–H and O–H groups in total. The van der Waals surface area contributed by atoms with E-state index in [1.54, 1.807) is 0 Å². The average molecular weight is 241 g/mol. The topological polar surface area (TPSA) is 46.5 Å². The van der Waals surface area contributed by atoms with E-state index >= 15 is 0 Å². The molecular formula is C8H4ClF3O3. The van der Waals surface area contributed by atoms with Gasteiger partial charge in [-0.3, -0.25) is 4.79 Å². The fraction of sp³-hybridized carbons (Fsp3) is 0.125. The molecule has 0 amide bonds. The molecule has 0 spiro atoms. The van der Waals surface area contributed by atoms with Crippen molar-refractivity contribution in [3.05, 3.63) is 23.8 Å². The molecular weight excluding hydrogens is 237 g/mol. The number of carbonyl (C=O) groups is 1. The number of benzene rings is 1. The zero-order chi connectivity index (χ0) is 11.6. The van der Waals surface area contributed by atoms with E-state index in [-0.39, 0.29) is 0 Å². The van der Waals surface area contributed by atoms with Gasteiger partial charge < -0.3 is 9.84 Å². The molecule has 0 bridgehead atoms. The summed E-state index contributed by atoms with van der Waals surface area (Å²) in [5.74, 6) is -1.13. The lowest BCUT2D eigenvalue weighted by Gasteiger charge is -2.09. The van der Waals surface area contributed by atoms with Crippen molar-refractivity contribution < 1.29 is 27.8 Å². The highest BCUT2D eigenvalue weighted by molar-refractivity contribution is 6.68. The zero-order valence-corrected chi connectivity index (χ0v) is 7.76. The minimum Gasteiger partial charge on any atom is -0.507 e. The molecule has 0 aromatic heterocycles. The highest BCUT2D eigenvalue weighted by Crippen LogP contribution is 2.28. The summed E-state index contributed by atoms with van der Waals surface area (Å²) in [5.41, 5.74) is -0.446. The van der Waals surface area contributed by atoms with Crippen molar-refractivity contribution in [3.63, 3.8) is 0 Å². The third-order valence-corrected chi connectivity index (χ3v) is 1.62. The maximum atomic E-state index is 11.8. The quantitative estimate of drug-likeness (QED) is 0.809. The lowest BCUT2D eigenvalue weighted by molar-refractivity contribution is -0.274. The van der Waals surface area contributed by atoms with E-state index in [1.807, 2.05) is 0 Å². The SMILES string of the molecule is O=C(Cl)c1cc(OC(F)(F)F)ccc1O. The minimum absolute atomic E-state index is 0.446. The summed E-state index contributed by atoms with van der Waals surface area (Å²) in [6, 6.07) is 2.46. The molecule has 1 rings (SSSR count). The van der Waals surface area contributed by atoms with Crippen LogP contribution >= 0.6 is 11.6 Å². The van der Waals surface area contributed by atoms with Crippen LogP contribution in [0.5, 0.6) is 11.5 Å². The van der Waals surface area contributed by atoms with Gasteiger partial charge in [0.2, 0.25) is 0 Å². The second-order valence-electron chi connectivity index (χ2n) is 2.50. The lowest BCUT2D eigenvalue weighted by Crippen LogP contribution is -2.17. The molecule has 7 heteroatoms. The van der Waals surface area contributed by atoms with E-state index < -0.39 is 28.7 Å². The molecule has 3 nitrogen and oxygen atoms in total. The lowest BCUT2D eigenvalue weighted by atomic mass is 10.2. The first kappa shape index (κ1) is 11.6. The first-order valence-corrected chi connectivity index (χ1v) is 3.96. The number of aromatic hydroxyl groups is 1. The van der Waals surface area contributed by atoms with Gasteiger partial charge in [0, 0.05) is 0 Å². The Kier molecular flexibility index (Phi) is 3.09. The van der Waals surface area contributed by atoms with Gasteiger partial charge in [0.15, 0.2) is 0 Å². The summed E-state index contributed by atoms with van der Waals surface area (Å²) in [6.45, 7) is 0. The standard InChI is InChI=1S/C8H4ClF3O3/c9-7(14)5-3-4(1-2-6(5)13)15-8(10,11)12/h1-3,13H. The van der Waals surface area contributed by atoms with Gasteiger partial charge in [0.25, 0.3) is 5.24 Å². The van der Waals surface area contributed by atoms with E-state index in [1.165, 1.54) is 0 Å². The highest BCUT2D eigenvalue weighted by Gasteiger charge is 2.31. The second-order valence-corrected chi connectivity index (χ2v) is 2.84. The first-order chi connectivity index (χ1) is 6.79. The third-order valence-electron chi connectivity index (χ3n) is 1.41. The van der Waals surface area contributed by atoms with Crippen LogP contribution in [-0.2, 0) is 0 Å². The molecule has 0 atom stereocenters. The third kappa shape index (κ3) is 3.32. The van der Waals surface area contributed by atoms with Gasteiger partial charge in [-0.15, -0.1) is 13.2 Å². The Labute approximate surface area is 87.0 Å². The van der Waals surface area contributed by atoms with E-state index in [0.29, 0.717) is 6.07 Å². The molecule has 1 aromatic carbocycles. The molecule has 82 valence electrons. The highest BCUT2D eigenvalue weighted by atomic mass is 35.5. The predicted octanol–water partition coefficient (Wildman–Crippen LogP) is 2.67. The van der Waals surface area contributed by atoms with Gasteiger partial charge in [-0.2, -0.15) is 0 Å². The van der Waals surface area contributed by atoms with Crippen molar-refractivity contribution in [2.24, 2.45) is 0 Å². The fourth-order valence-electron chi connectivity index (χ4n) is 0.870. The number of hydrogen-bond acceptors (Lipinski definition) is 3. The number of rotatable bonds is 2. The number of phenolic OH excluding ortho intramolecular Hbond substituents is 1. The van der Waals surface area contributed by atoms with Crippen LogP contribution in [0.1, 0.15) is 10.4 Å². The van der Waals surface area contributed by atoms with Gasteiger partial charge in [-0.05, 0) is 29.8 Å². The van der Waals surface area contributed by atoms with Crippen LogP contribution in [0.25, 0.3) is 0 Å². The molecule has 1 aromatic rings. The minimum atomic E-state index is -4.86. The van der Waals surface area contributed by atoms with Crippen LogP contribution in [-0.4, -0.2) is 16.7 Å². The Hall–Kier alpha value is -1.43. The number of phenols is 1. The van der Waals surface area contributed by atoms with Crippen molar-refractivity contribution in [1.29, 1.82) is 0 Å².